The number of hydrogen-bond acceptors (Lipinski definition) is 0. The summed E-state index contributed by atoms with van der Waals surface area (Å²) in [4.78, 5) is 0. The van der Waals surface area contributed by atoms with Crippen LogP contribution in [0, 0.1) is 0 Å². The van der Waals surface area contributed by atoms with Crippen LogP contribution in [0.5, 0.6) is 0 Å². The first-order valence-corrected chi connectivity index (χ1v) is 16.9. The summed E-state index contributed by atoms with van der Waals surface area (Å²) in [5.41, 5.74) is 10.1. The van der Waals surface area contributed by atoms with Crippen molar-refractivity contribution in [2.45, 2.75) is 37.0 Å². The van der Waals surface area contributed by atoms with Crippen molar-refractivity contribution in [1.82, 2.24) is 0 Å². The van der Waals surface area contributed by atoms with Gasteiger partial charge in [0.1, 0.15) is 0 Å². The quantitative estimate of drug-likeness (QED) is 0.141. The lowest BCUT2D eigenvalue weighted by atomic mass is 9.63. The van der Waals surface area contributed by atoms with Gasteiger partial charge in [0.15, 0.2) is 0 Å². The minimum Gasteiger partial charge on any atom is -0.0622 e. The second kappa shape index (κ2) is 13.0. The maximum atomic E-state index is 2.49. The van der Waals surface area contributed by atoms with Crippen molar-refractivity contribution < 1.29 is 0 Å². The van der Waals surface area contributed by atoms with Gasteiger partial charge in [-0.1, -0.05) is 200 Å². The Morgan fingerprint density at radius 1 is 0.208 bits per heavy atom. The van der Waals surface area contributed by atoms with E-state index in [9.17, 15) is 0 Å². The molecule has 48 heavy (non-hydrogen) atoms. The fraction of sp³-hybridized carbons (Fsp3) is 0.125. The van der Waals surface area contributed by atoms with E-state index in [1.807, 2.05) is 0 Å². The molecule has 0 saturated heterocycles. The van der Waals surface area contributed by atoms with Gasteiger partial charge in [-0.2, -0.15) is 0 Å². The SMILES string of the molecule is CC(c1ccccc1)(c1ccccc1)c1cc(C(C)(c2ccccc2)c2ccccc2)cc(C(C)(c2ccccc2)c2ccccc2)c1. The van der Waals surface area contributed by atoms with Gasteiger partial charge in [0, 0.05) is 16.2 Å². The molecule has 7 aromatic carbocycles. The van der Waals surface area contributed by atoms with Crippen molar-refractivity contribution in [2.24, 2.45) is 0 Å². The van der Waals surface area contributed by atoms with Gasteiger partial charge in [-0.25, -0.2) is 0 Å². The molecule has 234 valence electrons. The molecule has 0 aromatic heterocycles. The minimum absolute atomic E-state index is 0.421. The summed E-state index contributed by atoms with van der Waals surface area (Å²) in [6.45, 7) is 7.18. The third-order valence-corrected chi connectivity index (χ3v) is 10.8. The molecule has 0 aliphatic carbocycles. The molecule has 0 heteroatoms. The second-order valence-electron chi connectivity index (χ2n) is 13.4. The first kappa shape index (κ1) is 31.2. The van der Waals surface area contributed by atoms with E-state index in [-0.39, 0.29) is 0 Å². The number of benzene rings is 7. The predicted octanol–water partition coefficient (Wildman–Crippen LogP) is 11.7. The van der Waals surface area contributed by atoms with Crippen LogP contribution in [0.2, 0.25) is 0 Å². The molecule has 0 atom stereocenters. The summed E-state index contributed by atoms with van der Waals surface area (Å²) in [5.74, 6) is 0. The molecular weight excluding hydrogens is 577 g/mol. The highest BCUT2D eigenvalue weighted by molar-refractivity contribution is 5.60. The molecule has 0 radical (unpaired) electrons. The molecule has 0 aliphatic rings. The van der Waals surface area contributed by atoms with Crippen LogP contribution in [0.25, 0.3) is 0 Å². The Kier molecular flexibility index (Phi) is 8.42. The van der Waals surface area contributed by atoms with Crippen LogP contribution in [-0.4, -0.2) is 0 Å². The van der Waals surface area contributed by atoms with Crippen LogP contribution in [0.15, 0.2) is 200 Å². The highest BCUT2D eigenvalue weighted by Gasteiger charge is 2.39. The zero-order valence-corrected chi connectivity index (χ0v) is 28.1. The Morgan fingerprint density at radius 2 is 0.354 bits per heavy atom. The number of rotatable bonds is 9. The van der Waals surface area contributed by atoms with Crippen molar-refractivity contribution in [3.63, 3.8) is 0 Å². The van der Waals surface area contributed by atoms with Crippen molar-refractivity contribution >= 4 is 0 Å². The topological polar surface area (TPSA) is 0 Å². The van der Waals surface area contributed by atoms with Gasteiger partial charge in [-0.3, -0.25) is 0 Å². The molecule has 0 saturated carbocycles. The second-order valence-corrected chi connectivity index (χ2v) is 13.4. The molecule has 0 unspecified atom stereocenters. The van der Waals surface area contributed by atoms with Gasteiger partial charge in [-0.15, -0.1) is 0 Å². The fourth-order valence-electron chi connectivity index (χ4n) is 7.62. The molecule has 0 fully saturated rings. The largest absolute Gasteiger partial charge is 0.0622 e. The van der Waals surface area contributed by atoms with Crippen molar-refractivity contribution in [3.05, 3.63) is 250 Å². The van der Waals surface area contributed by atoms with Crippen molar-refractivity contribution in [1.29, 1.82) is 0 Å². The van der Waals surface area contributed by atoms with E-state index < -0.39 is 16.2 Å². The summed E-state index contributed by atoms with van der Waals surface area (Å²) in [5, 5.41) is 0. The molecule has 0 bridgehead atoms. The average molecular weight is 619 g/mol. The van der Waals surface area contributed by atoms with Crippen LogP contribution in [0.4, 0.5) is 0 Å². The van der Waals surface area contributed by atoms with Crippen molar-refractivity contribution in [3.8, 4) is 0 Å². The Balaban J connectivity index is 1.62. The maximum Gasteiger partial charge on any atom is 0.0423 e. The van der Waals surface area contributed by atoms with E-state index in [1.54, 1.807) is 0 Å². The van der Waals surface area contributed by atoms with Crippen molar-refractivity contribution in [2.75, 3.05) is 0 Å². The Bertz CT molecular complexity index is 1690. The number of hydrogen-bond donors (Lipinski definition) is 0. The molecule has 0 nitrogen and oxygen atoms in total. The summed E-state index contributed by atoms with van der Waals surface area (Å²) in [6.07, 6.45) is 0. The smallest absolute Gasteiger partial charge is 0.0423 e. The first-order chi connectivity index (χ1) is 23.4. The summed E-state index contributed by atoms with van der Waals surface area (Å²) in [6, 6.07) is 73.4. The van der Waals surface area contributed by atoms with Gasteiger partial charge in [0.05, 0.1) is 0 Å². The lowest BCUT2D eigenvalue weighted by Gasteiger charge is -2.39. The Hall–Kier alpha value is -5.46. The van der Waals surface area contributed by atoms with E-state index in [4.69, 9.17) is 0 Å². The van der Waals surface area contributed by atoms with Gasteiger partial charge in [0.25, 0.3) is 0 Å². The molecule has 0 N–H and O–H groups in total. The van der Waals surface area contributed by atoms with E-state index in [2.05, 4.69) is 221 Å². The summed E-state index contributed by atoms with van der Waals surface area (Å²) < 4.78 is 0. The van der Waals surface area contributed by atoms with Crippen LogP contribution in [0.1, 0.15) is 70.8 Å². The first-order valence-electron chi connectivity index (χ1n) is 16.9. The highest BCUT2D eigenvalue weighted by Crippen LogP contribution is 2.48. The van der Waals surface area contributed by atoms with E-state index in [0.29, 0.717) is 0 Å². The van der Waals surface area contributed by atoms with Gasteiger partial charge in [0.2, 0.25) is 0 Å². The van der Waals surface area contributed by atoms with E-state index in [1.165, 1.54) is 50.1 Å². The zero-order chi connectivity index (χ0) is 33.0. The molecular formula is C48H42. The monoisotopic (exact) mass is 618 g/mol. The normalized spacial score (nSPS) is 12.1. The summed E-state index contributed by atoms with van der Waals surface area (Å²) in [7, 11) is 0. The van der Waals surface area contributed by atoms with Crippen LogP contribution in [0.3, 0.4) is 0 Å². The molecule has 0 heterocycles. The van der Waals surface area contributed by atoms with Crippen LogP contribution < -0.4 is 0 Å². The third kappa shape index (κ3) is 5.38. The standard InChI is InChI=1S/C48H42/c1-46(37-22-10-4-11-23-37,38-24-12-5-13-25-38)43-34-44(47(2,39-26-14-6-15-27-39)40-28-16-7-17-29-40)36-45(35-43)48(3,41-30-18-8-19-31-41)42-32-20-9-21-33-42/h4-36H,1-3H3. The van der Waals surface area contributed by atoms with Gasteiger partial charge < -0.3 is 0 Å². The molecule has 0 spiro atoms. The maximum absolute atomic E-state index is 2.49. The van der Waals surface area contributed by atoms with Crippen LogP contribution >= 0.6 is 0 Å². The minimum atomic E-state index is -0.421. The third-order valence-electron chi connectivity index (χ3n) is 10.8. The van der Waals surface area contributed by atoms with E-state index in [0.717, 1.165) is 0 Å². The Morgan fingerprint density at radius 3 is 0.500 bits per heavy atom. The molecule has 0 amide bonds. The van der Waals surface area contributed by atoms with Gasteiger partial charge >= 0.3 is 0 Å². The zero-order valence-electron chi connectivity index (χ0n) is 28.1. The predicted molar refractivity (Wildman–Crippen MR) is 202 cm³/mol. The molecule has 7 aromatic rings. The van der Waals surface area contributed by atoms with Crippen LogP contribution in [-0.2, 0) is 16.2 Å². The lowest BCUT2D eigenvalue weighted by Crippen LogP contribution is -2.32. The van der Waals surface area contributed by atoms with E-state index >= 15 is 0 Å². The lowest BCUT2D eigenvalue weighted by molar-refractivity contribution is 0.644. The molecule has 7 rings (SSSR count). The Labute approximate surface area is 286 Å². The molecule has 0 aliphatic heterocycles. The average Bonchev–Trinajstić information content (AvgIpc) is 3.18. The van der Waals surface area contributed by atoms with Gasteiger partial charge in [-0.05, 0) is 70.8 Å². The summed E-state index contributed by atoms with van der Waals surface area (Å²) >= 11 is 0. The fourth-order valence-corrected chi connectivity index (χ4v) is 7.62. The highest BCUT2D eigenvalue weighted by atomic mass is 14.4.